The molecular formula is C38H41F4N7O5. The van der Waals surface area contributed by atoms with Crippen molar-refractivity contribution in [3.05, 3.63) is 59.7 Å². The van der Waals surface area contributed by atoms with E-state index in [1.165, 1.54) is 0 Å². The summed E-state index contributed by atoms with van der Waals surface area (Å²) in [4.78, 5) is 47.4. The van der Waals surface area contributed by atoms with Crippen LogP contribution >= 0.6 is 0 Å². The molecule has 4 aliphatic carbocycles. The van der Waals surface area contributed by atoms with Crippen LogP contribution in [0.2, 0.25) is 0 Å². The number of carbonyl (C=O) groups is 2. The fraction of sp³-hybridized carbons (Fsp3) is 0.579. The third kappa shape index (κ3) is 5.82. The lowest BCUT2D eigenvalue weighted by Gasteiger charge is -2.61. The molecular weight excluding hydrogens is 710 g/mol. The van der Waals surface area contributed by atoms with E-state index in [2.05, 4.69) is 30.2 Å². The van der Waals surface area contributed by atoms with Gasteiger partial charge in [0.15, 0.2) is 5.69 Å². The second-order valence-electron chi connectivity index (χ2n) is 16.1. The Kier molecular flexibility index (Phi) is 8.28. The van der Waals surface area contributed by atoms with Gasteiger partial charge in [-0.05, 0) is 92.5 Å². The number of hydrogen-bond acceptors (Lipinski definition) is 10. The van der Waals surface area contributed by atoms with E-state index in [4.69, 9.17) is 9.47 Å². The highest BCUT2D eigenvalue weighted by Crippen LogP contribution is 2.61. The van der Waals surface area contributed by atoms with E-state index in [0.717, 1.165) is 37.7 Å². The van der Waals surface area contributed by atoms with Crippen molar-refractivity contribution in [2.45, 2.75) is 86.7 Å². The van der Waals surface area contributed by atoms with E-state index in [0.29, 0.717) is 69.2 Å². The maximum Gasteiger partial charge on any atom is 0.434 e. The zero-order chi connectivity index (χ0) is 37.5. The Bertz CT molecular complexity index is 1940. The number of aromatic nitrogens is 4. The van der Waals surface area contributed by atoms with Crippen LogP contribution in [0.15, 0.2) is 42.9 Å². The molecule has 16 heteroatoms. The molecule has 0 unspecified atom stereocenters. The number of carbonyl (C=O) groups excluding carboxylic acids is 1. The lowest BCUT2D eigenvalue weighted by Crippen LogP contribution is -2.72. The lowest BCUT2D eigenvalue weighted by molar-refractivity contribution is -0.174. The fourth-order valence-corrected chi connectivity index (χ4v) is 10.6. The second kappa shape index (κ2) is 12.7. The van der Waals surface area contributed by atoms with Gasteiger partial charge < -0.3 is 29.7 Å². The van der Waals surface area contributed by atoms with E-state index in [1.54, 1.807) is 29.4 Å². The van der Waals surface area contributed by atoms with Gasteiger partial charge >= 0.3 is 12.1 Å². The highest BCUT2D eigenvalue weighted by Gasteiger charge is 2.67. The number of fused-ring (bicyclic) bond motifs is 2. The molecule has 7 aliphatic rings. The molecule has 6 fully saturated rings. The number of ether oxygens (including phenoxy) is 2. The van der Waals surface area contributed by atoms with Crippen molar-refractivity contribution in [1.29, 1.82) is 0 Å². The van der Waals surface area contributed by atoms with Gasteiger partial charge in [0, 0.05) is 75.4 Å². The average Bonchev–Trinajstić information content (AvgIpc) is 3.45. The monoisotopic (exact) mass is 751 g/mol. The molecule has 3 aliphatic heterocycles. The molecule has 5 heterocycles. The van der Waals surface area contributed by atoms with Crippen molar-refractivity contribution >= 4 is 29.5 Å². The van der Waals surface area contributed by atoms with Gasteiger partial charge in [0.25, 0.3) is 5.91 Å². The second-order valence-corrected chi connectivity index (χ2v) is 16.1. The summed E-state index contributed by atoms with van der Waals surface area (Å²) in [5, 5.41) is 12.9. The van der Waals surface area contributed by atoms with Crippen molar-refractivity contribution in [2.24, 2.45) is 17.8 Å². The van der Waals surface area contributed by atoms with Crippen LogP contribution in [0.1, 0.15) is 79.4 Å². The van der Waals surface area contributed by atoms with Crippen LogP contribution in [0, 0.1) is 17.8 Å². The quantitative estimate of drug-likeness (QED) is 0.290. The number of nitrogens with zero attached hydrogens (tertiary/aromatic N) is 6. The largest absolute Gasteiger partial charge is 0.490 e. The molecule has 10 rings (SSSR count). The molecule has 1 amide bonds. The number of anilines is 3. The highest BCUT2D eigenvalue weighted by atomic mass is 19.4. The van der Waals surface area contributed by atoms with Gasteiger partial charge in [0.2, 0.25) is 11.9 Å². The predicted octanol–water partition coefficient (Wildman–Crippen LogP) is 5.63. The number of nitrogens with one attached hydrogen (secondary N) is 1. The molecule has 3 aromatic rings. The minimum atomic E-state index is -5.06. The molecule has 286 valence electrons. The zero-order valence-corrected chi connectivity index (χ0v) is 29.5. The van der Waals surface area contributed by atoms with Gasteiger partial charge in [0.05, 0.1) is 5.56 Å². The summed E-state index contributed by atoms with van der Waals surface area (Å²) < 4.78 is 72.0. The molecule has 12 nitrogen and oxygen atoms in total. The molecule has 0 radical (unpaired) electrons. The number of amides is 1. The van der Waals surface area contributed by atoms with E-state index < -0.39 is 57.8 Å². The average molecular weight is 752 g/mol. The molecule has 1 spiro atoms. The Balaban J connectivity index is 0.990. The molecule has 4 saturated carbocycles. The summed E-state index contributed by atoms with van der Waals surface area (Å²) >= 11 is 0. The van der Waals surface area contributed by atoms with Crippen molar-refractivity contribution in [1.82, 2.24) is 25.3 Å². The van der Waals surface area contributed by atoms with Gasteiger partial charge in [-0.3, -0.25) is 4.79 Å². The number of carboxylic acids is 1. The number of carboxylic acid groups (broad SMARTS) is 1. The smallest absolute Gasteiger partial charge is 0.434 e. The summed E-state index contributed by atoms with van der Waals surface area (Å²) in [6.45, 7) is 2.72. The minimum Gasteiger partial charge on any atom is -0.490 e. The summed E-state index contributed by atoms with van der Waals surface area (Å²) in [5.41, 5.74) is -4.62. The number of hydrogen-bond donors (Lipinski definition) is 2. The summed E-state index contributed by atoms with van der Waals surface area (Å²) in [7, 11) is 0. The first-order valence-electron chi connectivity index (χ1n) is 18.7. The van der Waals surface area contributed by atoms with E-state index >= 15 is 4.39 Å². The molecule has 5 atom stereocenters. The maximum absolute atomic E-state index is 15.5. The Morgan fingerprint density at radius 2 is 1.69 bits per heavy atom. The first-order valence-corrected chi connectivity index (χ1v) is 18.7. The number of benzene rings is 1. The van der Waals surface area contributed by atoms with Crippen LogP contribution in [0.4, 0.5) is 35.1 Å². The minimum absolute atomic E-state index is 0.0103. The van der Waals surface area contributed by atoms with E-state index in [9.17, 15) is 27.9 Å². The first-order chi connectivity index (χ1) is 25.9. The van der Waals surface area contributed by atoms with Crippen LogP contribution in [0.3, 0.4) is 0 Å². The standard InChI is InChI=1S/C38H41F4N7O5/c39-36-17-22-14-23(18-36)37(32(51)52,24(15-22)19-36)47-31(50)27-20-45-34(46-30(27)38(40,41)42)49-21-35(6-12-53-13-7-35)28-16-26(2-3-29(28)49)54-25-4-10-48(11-5-25)33-43-8-1-9-44-33/h1-3,8-9,16,20,22-25H,4-7,10-15,17-19,21H2,(H,47,50)(H,51,52)/t22-,23-,24+,36-,37+. The Labute approximate surface area is 308 Å². The normalized spacial score (nSPS) is 30.0. The van der Waals surface area contributed by atoms with Gasteiger partial charge in [-0.2, -0.15) is 13.2 Å². The van der Waals surface area contributed by atoms with Crippen LogP contribution in [0.5, 0.6) is 5.75 Å². The van der Waals surface area contributed by atoms with Gasteiger partial charge in [-0.1, -0.05) is 0 Å². The molecule has 2 N–H and O–H groups in total. The zero-order valence-electron chi connectivity index (χ0n) is 29.5. The Morgan fingerprint density at radius 1 is 0.981 bits per heavy atom. The molecule has 54 heavy (non-hydrogen) atoms. The van der Waals surface area contributed by atoms with Crippen LogP contribution in [-0.4, -0.2) is 87.1 Å². The Morgan fingerprint density at radius 3 is 2.33 bits per heavy atom. The van der Waals surface area contributed by atoms with Crippen LogP contribution < -0.4 is 19.9 Å². The van der Waals surface area contributed by atoms with Crippen LogP contribution in [-0.2, 0) is 21.1 Å². The van der Waals surface area contributed by atoms with Crippen molar-refractivity contribution in [3.63, 3.8) is 0 Å². The number of aliphatic carboxylic acids is 1. The molecule has 4 bridgehead atoms. The van der Waals surface area contributed by atoms with Gasteiger partial charge in [0.1, 0.15) is 23.1 Å². The van der Waals surface area contributed by atoms with Crippen molar-refractivity contribution < 1.29 is 41.7 Å². The fourth-order valence-electron chi connectivity index (χ4n) is 10.6. The molecule has 2 saturated heterocycles. The number of alkyl halides is 4. The Hall–Kier alpha value is -4.60. The maximum atomic E-state index is 15.5. The number of piperidine rings is 1. The summed E-state index contributed by atoms with van der Waals surface area (Å²) in [6, 6.07) is 7.37. The molecule has 1 aromatic carbocycles. The lowest BCUT2D eigenvalue weighted by atomic mass is 9.47. The summed E-state index contributed by atoms with van der Waals surface area (Å²) in [5.74, 6) is -2.94. The topological polar surface area (TPSA) is 143 Å². The van der Waals surface area contributed by atoms with Crippen molar-refractivity contribution in [2.75, 3.05) is 42.6 Å². The third-order valence-corrected chi connectivity index (χ3v) is 12.9. The van der Waals surface area contributed by atoms with E-state index in [1.807, 2.05) is 12.1 Å². The first kappa shape index (κ1) is 35.1. The third-order valence-electron chi connectivity index (χ3n) is 12.9. The SMILES string of the molecule is O=C(N[C@@]1(C(=O)O)[C@@H]2C[C@@H]3C[C@H]1C[C@@](F)(C3)C2)c1cnc(N2CC3(CCOCC3)c3cc(OC4CCN(c5ncccn5)CC4)ccc32)nc1C(F)(F)F. The number of rotatable bonds is 7. The van der Waals surface area contributed by atoms with E-state index in [-0.39, 0.29) is 30.8 Å². The predicted molar refractivity (Wildman–Crippen MR) is 185 cm³/mol. The van der Waals surface area contributed by atoms with Crippen LogP contribution in [0.25, 0.3) is 0 Å². The highest BCUT2D eigenvalue weighted by molar-refractivity contribution is 5.99. The number of halogens is 4. The van der Waals surface area contributed by atoms with Gasteiger partial charge in [-0.25, -0.2) is 29.1 Å². The molecule has 2 aromatic heterocycles. The summed E-state index contributed by atoms with van der Waals surface area (Å²) in [6.07, 6.45) is 2.99. The van der Waals surface area contributed by atoms with Gasteiger partial charge in [-0.15, -0.1) is 0 Å². The van der Waals surface area contributed by atoms with Crippen molar-refractivity contribution in [3.8, 4) is 5.75 Å².